The van der Waals surface area contributed by atoms with Crippen molar-refractivity contribution in [1.29, 1.82) is 0 Å². The molecule has 0 unspecified atom stereocenters. The van der Waals surface area contributed by atoms with Gasteiger partial charge in [0.15, 0.2) is 0 Å². The van der Waals surface area contributed by atoms with Crippen molar-refractivity contribution in [2.24, 2.45) is 0 Å². The van der Waals surface area contributed by atoms with Gasteiger partial charge in [0.1, 0.15) is 5.82 Å². The first-order chi connectivity index (χ1) is 9.72. The highest BCUT2D eigenvalue weighted by molar-refractivity contribution is 5.65. The molecule has 3 heteroatoms. The normalized spacial score (nSPS) is 10.6. The SMILES string of the molecule is CCCNCc1ccccc1N(C)c1cccc(F)c1. The van der Waals surface area contributed by atoms with Crippen LogP contribution in [0.15, 0.2) is 48.5 Å². The van der Waals surface area contributed by atoms with Gasteiger partial charge in [-0.05, 0) is 42.8 Å². The molecule has 20 heavy (non-hydrogen) atoms. The molecule has 0 aliphatic carbocycles. The van der Waals surface area contributed by atoms with E-state index in [1.807, 2.05) is 30.1 Å². The highest BCUT2D eigenvalue weighted by atomic mass is 19.1. The molecule has 2 aromatic rings. The number of hydrogen-bond donors (Lipinski definition) is 1. The summed E-state index contributed by atoms with van der Waals surface area (Å²) in [6.07, 6.45) is 1.11. The van der Waals surface area contributed by atoms with Crippen LogP contribution < -0.4 is 10.2 Å². The van der Waals surface area contributed by atoms with Crippen LogP contribution >= 0.6 is 0 Å². The van der Waals surface area contributed by atoms with Crippen molar-refractivity contribution >= 4 is 11.4 Å². The molecule has 0 aliphatic rings. The summed E-state index contributed by atoms with van der Waals surface area (Å²) in [5.41, 5.74) is 3.17. The van der Waals surface area contributed by atoms with Gasteiger partial charge in [-0.2, -0.15) is 0 Å². The summed E-state index contributed by atoms with van der Waals surface area (Å²) in [6, 6.07) is 14.9. The van der Waals surface area contributed by atoms with Crippen LogP contribution in [0.1, 0.15) is 18.9 Å². The van der Waals surface area contributed by atoms with Gasteiger partial charge in [0, 0.05) is 25.0 Å². The van der Waals surface area contributed by atoms with Crippen LogP contribution in [0.2, 0.25) is 0 Å². The molecule has 0 aliphatic heterocycles. The number of nitrogens with one attached hydrogen (secondary N) is 1. The average Bonchev–Trinajstić information content (AvgIpc) is 2.47. The summed E-state index contributed by atoms with van der Waals surface area (Å²) in [7, 11) is 1.97. The van der Waals surface area contributed by atoms with E-state index < -0.39 is 0 Å². The van der Waals surface area contributed by atoms with Gasteiger partial charge < -0.3 is 10.2 Å². The van der Waals surface area contributed by atoms with Crippen LogP contribution in [0.5, 0.6) is 0 Å². The van der Waals surface area contributed by atoms with Gasteiger partial charge in [-0.15, -0.1) is 0 Å². The van der Waals surface area contributed by atoms with Crippen molar-refractivity contribution in [1.82, 2.24) is 5.32 Å². The van der Waals surface area contributed by atoms with E-state index in [9.17, 15) is 4.39 Å². The summed E-state index contributed by atoms with van der Waals surface area (Å²) in [5, 5.41) is 3.41. The van der Waals surface area contributed by atoms with Crippen molar-refractivity contribution in [2.75, 3.05) is 18.5 Å². The molecule has 0 fully saturated rings. The predicted molar refractivity (Wildman–Crippen MR) is 82.9 cm³/mol. The lowest BCUT2D eigenvalue weighted by atomic mass is 10.1. The number of halogens is 1. The van der Waals surface area contributed by atoms with Gasteiger partial charge in [0.2, 0.25) is 0 Å². The maximum Gasteiger partial charge on any atom is 0.125 e. The standard InChI is InChI=1S/C17H21FN2/c1-3-11-19-13-14-7-4-5-10-17(14)20(2)16-9-6-8-15(18)12-16/h4-10,12,19H,3,11,13H2,1-2H3. The van der Waals surface area contributed by atoms with E-state index in [-0.39, 0.29) is 5.82 Å². The Balaban J connectivity index is 2.23. The Bertz CT molecular complexity index is 554. The highest BCUT2D eigenvalue weighted by Gasteiger charge is 2.09. The second-order valence-electron chi connectivity index (χ2n) is 4.84. The number of rotatable bonds is 6. The zero-order chi connectivity index (χ0) is 14.4. The minimum absolute atomic E-state index is 0.212. The lowest BCUT2D eigenvalue weighted by Gasteiger charge is -2.23. The van der Waals surface area contributed by atoms with Crippen LogP contribution in [-0.4, -0.2) is 13.6 Å². The topological polar surface area (TPSA) is 15.3 Å². The van der Waals surface area contributed by atoms with Gasteiger partial charge in [0.05, 0.1) is 0 Å². The minimum Gasteiger partial charge on any atom is -0.344 e. The molecule has 106 valence electrons. The molecule has 0 saturated carbocycles. The van der Waals surface area contributed by atoms with Crippen LogP contribution in [0.25, 0.3) is 0 Å². The number of para-hydroxylation sites is 1. The molecule has 2 aromatic carbocycles. The first-order valence-corrected chi connectivity index (χ1v) is 7.00. The molecule has 0 spiro atoms. The molecule has 0 amide bonds. The summed E-state index contributed by atoms with van der Waals surface area (Å²) in [4.78, 5) is 2.02. The predicted octanol–water partition coefficient (Wildman–Crippen LogP) is 4.09. The van der Waals surface area contributed by atoms with Crippen LogP contribution in [-0.2, 0) is 6.54 Å². The lowest BCUT2D eigenvalue weighted by Crippen LogP contribution is -2.18. The molecule has 0 atom stereocenters. The van der Waals surface area contributed by atoms with Crippen LogP contribution in [0, 0.1) is 5.82 Å². The lowest BCUT2D eigenvalue weighted by molar-refractivity contribution is 0.628. The van der Waals surface area contributed by atoms with Crippen LogP contribution in [0.4, 0.5) is 15.8 Å². The Hall–Kier alpha value is -1.87. The maximum atomic E-state index is 13.4. The Morgan fingerprint density at radius 1 is 1.10 bits per heavy atom. The fourth-order valence-corrected chi connectivity index (χ4v) is 2.21. The zero-order valence-electron chi connectivity index (χ0n) is 12.1. The molecule has 0 saturated heterocycles. The highest BCUT2D eigenvalue weighted by Crippen LogP contribution is 2.27. The van der Waals surface area contributed by atoms with Gasteiger partial charge in [-0.3, -0.25) is 0 Å². The molecule has 2 rings (SSSR count). The quantitative estimate of drug-likeness (QED) is 0.797. The van der Waals surface area contributed by atoms with E-state index in [2.05, 4.69) is 24.4 Å². The molecule has 0 aromatic heterocycles. The average molecular weight is 272 g/mol. The van der Waals surface area contributed by atoms with E-state index in [0.29, 0.717) is 0 Å². The van der Waals surface area contributed by atoms with E-state index in [1.165, 1.54) is 11.6 Å². The second-order valence-corrected chi connectivity index (χ2v) is 4.84. The Labute approximate surface area is 120 Å². The Morgan fingerprint density at radius 3 is 2.65 bits per heavy atom. The van der Waals surface area contributed by atoms with Gasteiger partial charge in [-0.25, -0.2) is 4.39 Å². The van der Waals surface area contributed by atoms with Gasteiger partial charge >= 0.3 is 0 Å². The Kier molecular flexibility index (Phi) is 5.13. The van der Waals surface area contributed by atoms with Crippen molar-refractivity contribution < 1.29 is 4.39 Å². The van der Waals surface area contributed by atoms with E-state index in [0.717, 1.165) is 30.9 Å². The van der Waals surface area contributed by atoms with Crippen molar-refractivity contribution in [3.63, 3.8) is 0 Å². The number of nitrogens with zero attached hydrogens (tertiary/aromatic N) is 1. The third-order valence-corrected chi connectivity index (χ3v) is 3.29. The van der Waals surface area contributed by atoms with Crippen molar-refractivity contribution in [2.45, 2.75) is 19.9 Å². The molecule has 2 nitrogen and oxygen atoms in total. The van der Waals surface area contributed by atoms with Crippen LogP contribution in [0.3, 0.4) is 0 Å². The van der Waals surface area contributed by atoms with Gasteiger partial charge in [0.25, 0.3) is 0 Å². The molecular weight excluding hydrogens is 251 g/mol. The van der Waals surface area contributed by atoms with E-state index in [4.69, 9.17) is 0 Å². The molecule has 0 radical (unpaired) electrons. The molecule has 0 bridgehead atoms. The summed E-state index contributed by atoms with van der Waals surface area (Å²) >= 11 is 0. The Morgan fingerprint density at radius 2 is 1.90 bits per heavy atom. The van der Waals surface area contributed by atoms with Crippen molar-refractivity contribution in [3.05, 3.63) is 59.9 Å². The molecular formula is C17H21FN2. The first-order valence-electron chi connectivity index (χ1n) is 7.00. The molecule has 0 heterocycles. The summed E-state index contributed by atoms with van der Waals surface area (Å²) in [5.74, 6) is -0.212. The fourth-order valence-electron chi connectivity index (χ4n) is 2.21. The second kappa shape index (κ2) is 7.06. The van der Waals surface area contributed by atoms with Crippen molar-refractivity contribution in [3.8, 4) is 0 Å². The smallest absolute Gasteiger partial charge is 0.125 e. The third kappa shape index (κ3) is 3.58. The maximum absolute atomic E-state index is 13.4. The number of anilines is 2. The largest absolute Gasteiger partial charge is 0.344 e. The number of benzene rings is 2. The minimum atomic E-state index is -0.212. The zero-order valence-corrected chi connectivity index (χ0v) is 12.1. The monoisotopic (exact) mass is 272 g/mol. The molecule has 1 N–H and O–H groups in total. The third-order valence-electron chi connectivity index (χ3n) is 3.29. The summed E-state index contributed by atoms with van der Waals surface area (Å²) in [6.45, 7) is 3.97. The first kappa shape index (κ1) is 14.5. The summed E-state index contributed by atoms with van der Waals surface area (Å²) < 4.78 is 13.4. The van der Waals surface area contributed by atoms with E-state index in [1.54, 1.807) is 12.1 Å². The number of hydrogen-bond acceptors (Lipinski definition) is 2. The fraction of sp³-hybridized carbons (Fsp3) is 0.294. The van der Waals surface area contributed by atoms with E-state index >= 15 is 0 Å². The van der Waals surface area contributed by atoms with Gasteiger partial charge in [-0.1, -0.05) is 31.2 Å².